The van der Waals surface area contributed by atoms with E-state index in [1.807, 2.05) is 0 Å². The van der Waals surface area contributed by atoms with Gasteiger partial charge in [0.2, 0.25) is 106 Å². The molecule has 0 saturated carbocycles. The van der Waals surface area contributed by atoms with Gasteiger partial charge in [-0.15, -0.1) is 0 Å². The van der Waals surface area contributed by atoms with Gasteiger partial charge in [0.05, 0.1) is 18.9 Å². The number of aliphatic hydroxyl groups is 1. The number of guanidine groups is 1. The number of benzene rings is 2. The summed E-state index contributed by atoms with van der Waals surface area (Å²) in [5.41, 5.74) is 28.9. The molecule has 2 aliphatic rings. The second-order valence-electron chi connectivity index (χ2n) is 34.3. The maximum Gasteiger partial charge on any atom is 0.326 e. The molecule has 2 saturated heterocycles. The molecule has 3 aromatic rings. The highest BCUT2D eigenvalue weighted by molar-refractivity contribution is 7.80. The largest absolute Gasteiger partial charge is 0.481 e. The number of fused-ring (bicyclic) bond motifs is 1. The molecule has 0 spiro atoms. The molecule has 728 valence electrons. The highest BCUT2D eigenvalue weighted by atomic mass is 32.1. The molecule has 1 aromatic heterocycles. The van der Waals surface area contributed by atoms with Crippen molar-refractivity contribution < 1.29 is 111 Å². The minimum absolute atomic E-state index is 0.000538. The van der Waals surface area contributed by atoms with Gasteiger partial charge in [0.15, 0.2) is 5.96 Å². The fourth-order valence-electron chi connectivity index (χ4n) is 14.8. The molecular weight excluding hydrogens is 1740 g/mol. The van der Waals surface area contributed by atoms with Gasteiger partial charge in [-0.1, -0.05) is 104 Å². The normalized spacial score (nSPS) is 17.0. The zero-order chi connectivity index (χ0) is 98.8. The number of nitrogens with one attached hydrogen (secondary N) is 16. The van der Waals surface area contributed by atoms with Crippen LogP contribution < -0.4 is 103 Å². The Kier molecular flexibility index (Phi) is 43.7. The topological polar surface area (TPSA) is 747 Å². The number of H-pyrrole nitrogens is 1. The van der Waals surface area contributed by atoms with Crippen molar-refractivity contribution in [3.63, 3.8) is 0 Å². The Morgan fingerprint density at radius 3 is 1.42 bits per heavy atom. The summed E-state index contributed by atoms with van der Waals surface area (Å²) >= 11 is 4.36. The van der Waals surface area contributed by atoms with Crippen LogP contribution in [0.1, 0.15) is 164 Å². The smallest absolute Gasteiger partial charge is 0.326 e. The lowest BCUT2D eigenvalue weighted by atomic mass is 9.98. The van der Waals surface area contributed by atoms with E-state index in [1.54, 1.807) is 88.5 Å². The third-order valence-corrected chi connectivity index (χ3v) is 22.4. The lowest BCUT2D eigenvalue weighted by Crippen LogP contribution is -2.62. The molecule has 0 radical (unpaired) electrons. The number of carboxylic acids is 2. The van der Waals surface area contributed by atoms with Gasteiger partial charge in [-0.3, -0.25) is 96.5 Å². The van der Waals surface area contributed by atoms with Gasteiger partial charge in [0, 0.05) is 68.2 Å². The number of likely N-dealkylation sites (tertiary alicyclic amines) is 2. The van der Waals surface area contributed by atoms with E-state index in [-0.39, 0.29) is 95.1 Å². The van der Waals surface area contributed by atoms with Crippen molar-refractivity contribution in [3.8, 4) is 0 Å². The van der Waals surface area contributed by atoms with Gasteiger partial charge in [-0.2, -0.15) is 12.6 Å². The number of carbonyl (C=O) groups is 20. The first-order valence-corrected chi connectivity index (χ1v) is 44.2. The Bertz CT molecular complexity index is 4630. The molecule has 17 atom stereocenters. The zero-order valence-electron chi connectivity index (χ0n) is 75.6. The van der Waals surface area contributed by atoms with Crippen LogP contribution in [0.2, 0.25) is 0 Å². The van der Waals surface area contributed by atoms with E-state index in [9.17, 15) is 96.8 Å². The summed E-state index contributed by atoms with van der Waals surface area (Å²) in [4.78, 5) is 281. The molecule has 46 nitrogen and oxygen atoms in total. The number of aromatic nitrogens is 1. The first-order valence-electron chi connectivity index (χ1n) is 43.6. The highest BCUT2D eigenvalue weighted by Gasteiger charge is 2.46. The van der Waals surface area contributed by atoms with Crippen LogP contribution in [0.25, 0.3) is 10.9 Å². The Morgan fingerprint density at radius 1 is 0.470 bits per heavy atom. The van der Waals surface area contributed by atoms with Crippen molar-refractivity contribution in [3.05, 3.63) is 71.9 Å². The van der Waals surface area contributed by atoms with Crippen molar-refractivity contribution in [2.45, 2.75) is 268 Å². The van der Waals surface area contributed by atoms with Crippen LogP contribution in [0.15, 0.2) is 60.8 Å². The number of aliphatic hydroxyl groups excluding tert-OH is 1. The van der Waals surface area contributed by atoms with Crippen LogP contribution in [0.3, 0.4) is 0 Å². The second kappa shape index (κ2) is 52.7. The number of aliphatic carboxylic acids is 2. The maximum absolute atomic E-state index is 15.5. The number of nitrogens with zero attached hydrogens (tertiary/aromatic N) is 2. The van der Waals surface area contributed by atoms with Crippen molar-refractivity contribution in [1.82, 2.24) is 89.2 Å². The van der Waals surface area contributed by atoms with Crippen molar-refractivity contribution >= 4 is 148 Å². The predicted molar refractivity (Wildman–Crippen MR) is 480 cm³/mol. The number of rotatable bonds is 54. The number of aromatic amines is 1. The number of para-hydroxylation sites is 1. The maximum atomic E-state index is 15.5. The molecule has 2 aliphatic heterocycles. The van der Waals surface area contributed by atoms with Crippen molar-refractivity contribution in [1.29, 1.82) is 5.41 Å². The van der Waals surface area contributed by atoms with Crippen LogP contribution >= 0.6 is 12.6 Å². The van der Waals surface area contributed by atoms with Crippen LogP contribution in [-0.4, -0.2) is 282 Å². The molecule has 2 fully saturated rings. The van der Waals surface area contributed by atoms with Crippen LogP contribution in [-0.2, 0) is 109 Å². The number of hydrogen-bond donors (Lipinski definition) is 25. The highest BCUT2D eigenvalue weighted by Crippen LogP contribution is 2.28. The number of nitrogens with two attached hydrogens (primary N) is 5. The molecule has 5 rings (SSSR count). The first kappa shape index (κ1) is 109. The molecule has 29 N–H and O–H groups in total. The van der Waals surface area contributed by atoms with E-state index in [4.69, 9.17) is 34.1 Å². The first-order chi connectivity index (χ1) is 62.0. The van der Waals surface area contributed by atoms with Crippen LogP contribution in [0, 0.1) is 29.1 Å². The third-order valence-electron chi connectivity index (χ3n) is 22.0. The van der Waals surface area contributed by atoms with E-state index >= 15 is 14.4 Å². The summed E-state index contributed by atoms with van der Waals surface area (Å²) in [5.74, 6) is -23.7. The SMILES string of the molecule is CC(C)C[C@H](NC(=O)[C@H](Cc1ccccc1)NC(=O)[C@H](CC(N)=O)NC(=O)[C@H](C)NC(=O)[C@H](CC(N)=O)NC(=O)[C@@H](N)[C@@H](C)O)C(=O)N[C@H](C(=O)N[C@@H](Cc1c[nH]c2ccccc12)C(=O)N1CCC[C@H]1C(=O)N1CCC[C@H]1C(=O)N[C@@H](CS)C(=O)N[C@H](C(=O)N[C@@H](CCC(=O)O)C(=O)N[C@H](C(=O)N[C@@H](CCC(N)=O)C(=O)N[C@@H](CCCNC(=N)N)C(=O)O)C(C)C)C(C)C)C(C)C. The number of thiol groups is 1. The summed E-state index contributed by atoms with van der Waals surface area (Å²) in [7, 11) is 0. The predicted octanol–water partition coefficient (Wildman–Crippen LogP) is -5.86. The molecule has 0 aliphatic carbocycles. The Balaban J connectivity index is 1.34. The number of carboxylic acid groups (broad SMARTS) is 2. The summed E-state index contributed by atoms with van der Waals surface area (Å²) in [5, 5.41) is 72.5. The standard InChI is InChI=1S/C85H129N23O23S/c1-40(2)33-53(99-73(119)54(34-46-19-12-11-13-20-46)100-74(120)56(37-63(88)112)98-69(115)44(9)94-72(118)55(36-62(87)111)101-78(124)65(89)45(10)109)75(121)105-68(43(7)8)81(127)102-57(35-47-38-93-49-22-15-14-21-48(47)49)82(128)108-32-18-25-60(108)83(129)107-31-17-24-59(107)77(123)103-58(39-132)76(122)106-67(42(5)6)80(126)96-51(27-29-64(113)114)71(117)104-66(41(3)4)79(125)95-50(26-28-61(86)110)70(116)97-52(84(130)131)23-16-30-92-85(90)91/h11-15,19-22,38,40-45,50-60,65-68,93,109,132H,16-18,23-37,39,89H2,1-10H3,(H2,86,110)(H2,87,111)(H2,88,112)(H,94,118)(H,95,125)(H,96,126)(H,97,116)(H,98,115)(H,99,119)(H,100,120)(H,101,124)(H,102,127)(H,103,123)(H,104,117)(H,105,121)(H,106,122)(H,113,114)(H,130,131)(H4,90,91,92)/t44-,45+,50-,51-,52-,53-,54-,55-,56-,57-,58-,59-,60-,65-,66-,67-,68-/m0/s1. The number of primary amides is 3. The number of carbonyl (C=O) groups excluding carboxylic acids is 18. The second-order valence-corrected chi connectivity index (χ2v) is 34.6. The third kappa shape index (κ3) is 34.3. The van der Waals surface area contributed by atoms with Gasteiger partial charge < -0.3 is 133 Å². The van der Waals surface area contributed by atoms with Crippen LogP contribution in [0.5, 0.6) is 0 Å². The molecule has 0 unspecified atom stereocenters. The van der Waals surface area contributed by atoms with Gasteiger partial charge in [-0.05, 0) is 112 Å². The minimum atomic E-state index is -1.83. The molecule has 2 aromatic carbocycles. The van der Waals surface area contributed by atoms with Gasteiger partial charge in [0.1, 0.15) is 96.7 Å². The lowest BCUT2D eigenvalue weighted by Gasteiger charge is -2.34. The van der Waals surface area contributed by atoms with Crippen molar-refractivity contribution in [2.75, 3.05) is 25.4 Å². The monoisotopic (exact) mass is 1870 g/mol. The van der Waals surface area contributed by atoms with E-state index < -0.39 is 277 Å². The van der Waals surface area contributed by atoms with Gasteiger partial charge in [0.25, 0.3) is 0 Å². The van der Waals surface area contributed by atoms with Gasteiger partial charge in [-0.25, -0.2) is 4.79 Å². The average molecular weight is 1870 g/mol. The zero-order valence-corrected chi connectivity index (χ0v) is 76.5. The minimum Gasteiger partial charge on any atom is -0.481 e. The molecule has 3 heterocycles. The summed E-state index contributed by atoms with van der Waals surface area (Å²) < 4.78 is 0. The van der Waals surface area contributed by atoms with E-state index in [0.717, 1.165) is 6.92 Å². The summed E-state index contributed by atoms with van der Waals surface area (Å²) in [6.45, 7) is 15.2. The van der Waals surface area contributed by atoms with E-state index in [0.29, 0.717) is 22.0 Å². The van der Waals surface area contributed by atoms with Crippen molar-refractivity contribution in [2.24, 2.45) is 52.3 Å². The summed E-state index contributed by atoms with van der Waals surface area (Å²) in [6.07, 6.45) is -3.32. The van der Waals surface area contributed by atoms with E-state index in [1.165, 1.54) is 44.4 Å². The summed E-state index contributed by atoms with van der Waals surface area (Å²) in [6, 6.07) is -9.02. The van der Waals surface area contributed by atoms with Crippen LogP contribution in [0.4, 0.5) is 0 Å². The number of amides is 18. The number of hydrogen-bond acceptors (Lipinski definition) is 24. The lowest BCUT2D eigenvalue weighted by molar-refractivity contribution is -0.148. The fourth-order valence-corrected chi connectivity index (χ4v) is 15.0. The van der Waals surface area contributed by atoms with Gasteiger partial charge >= 0.3 is 11.9 Å². The Labute approximate surface area is 768 Å². The Hall–Kier alpha value is -13.1. The average Bonchev–Trinajstić information content (AvgIpc) is 1.64. The molecule has 0 bridgehead atoms. The molecule has 18 amide bonds. The quantitative estimate of drug-likeness (QED) is 0.0108. The molecule has 47 heteroatoms. The molecular formula is C85H129N23O23S. The van der Waals surface area contributed by atoms with E-state index in [2.05, 4.69) is 92.0 Å². The molecule has 132 heavy (non-hydrogen) atoms. The fraction of sp³-hybridized carbons (Fsp3) is 0.588. The Morgan fingerprint density at radius 2 is 0.917 bits per heavy atom.